The summed E-state index contributed by atoms with van der Waals surface area (Å²) in [6.45, 7) is 0.289. The van der Waals surface area contributed by atoms with Gasteiger partial charge in [0.25, 0.3) is 0 Å². The largest absolute Gasteiger partial charge is 0.368 e. The van der Waals surface area contributed by atoms with Crippen LogP contribution < -0.4 is 5.73 Å². The van der Waals surface area contributed by atoms with Crippen LogP contribution in [0.15, 0.2) is 59.6 Å². The molecule has 2 aromatic carbocycles. The summed E-state index contributed by atoms with van der Waals surface area (Å²) in [5, 5.41) is 0. The zero-order chi connectivity index (χ0) is 21.3. The van der Waals surface area contributed by atoms with Crippen LogP contribution in [0.2, 0.25) is 0 Å². The molecule has 0 bridgehead atoms. The average Bonchev–Trinajstić information content (AvgIpc) is 2.74. The van der Waals surface area contributed by atoms with Crippen LogP contribution in [0.3, 0.4) is 0 Å². The minimum atomic E-state index is -3.90. The molecule has 1 aliphatic rings. The summed E-state index contributed by atoms with van der Waals surface area (Å²) in [6.07, 6.45) is 3.50. The van der Waals surface area contributed by atoms with Crippen molar-refractivity contribution < 1.29 is 17.2 Å². The lowest BCUT2D eigenvalue weighted by Crippen LogP contribution is -2.39. The Bertz CT molecular complexity index is 1170. The number of rotatable bonds is 4. The first-order chi connectivity index (χ1) is 14.4. The van der Waals surface area contributed by atoms with Crippen molar-refractivity contribution >= 4 is 16.0 Å². The van der Waals surface area contributed by atoms with E-state index in [2.05, 4.69) is 9.97 Å². The van der Waals surface area contributed by atoms with Gasteiger partial charge in [0, 0.05) is 18.3 Å². The zero-order valence-electron chi connectivity index (χ0n) is 16.0. The molecule has 1 aliphatic heterocycles. The van der Waals surface area contributed by atoms with E-state index in [0.717, 1.165) is 18.6 Å². The number of nitrogens with two attached hydrogens (primary N) is 1. The number of benzene rings is 2. The van der Waals surface area contributed by atoms with E-state index >= 15 is 0 Å². The van der Waals surface area contributed by atoms with Crippen molar-refractivity contribution in [2.45, 2.75) is 30.2 Å². The van der Waals surface area contributed by atoms with E-state index in [-0.39, 0.29) is 17.4 Å². The minimum Gasteiger partial charge on any atom is -0.368 e. The predicted octanol–water partition coefficient (Wildman–Crippen LogP) is 3.92. The SMILES string of the molecule is Nc1ncc(-c2cccc(F)c2)c(C2CCCCN2S(=O)(=O)c2ccc(F)cc2)n1. The number of halogens is 2. The molecule has 0 aliphatic carbocycles. The highest BCUT2D eigenvalue weighted by atomic mass is 32.2. The van der Waals surface area contributed by atoms with Crippen LogP contribution in [0.25, 0.3) is 11.1 Å². The van der Waals surface area contributed by atoms with Gasteiger partial charge in [-0.2, -0.15) is 4.31 Å². The molecule has 4 rings (SSSR count). The second-order valence-electron chi connectivity index (χ2n) is 7.12. The van der Waals surface area contributed by atoms with Gasteiger partial charge >= 0.3 is 0 Å². The topological polar surface area (TPSA) is 89.2 Å². The van der Waals surface area contributed by atoms with Crippen LogP contribution in [0.1, 0.15) is 31.0 Å². The van der Waals surface area contributed by atoms with Crippen molar-refractivity contribution in [1.29, 1.82) is 0 Å². The number of sulfonamides is 1. The Morgan fingerprint density at radius 1 is 1.03 bits per heavy atom. The zero-order valence-corrected chi connectivity index (χ0v) is 16.8. The van der Waals surface area contributed by atoms with Gasteiger partial charge in [0.15, 0.2) is 0 Å². The Hall–Kier alpha value is -2.91. The molecule has 1 saturated heterocycles. The number of piperidine rings is 1. The summed E-state index contributed by atoms with van der Waals surface area (Å²) in [4.78, 5) is 8.39. The predicted molar refractivity (Wildman–Crippen MR) is 109 cm³/mol. The molecule has 9 heteroatoms. The molecule has 0 saturated carbocycles. The summed E-state index contributed by atoms with van der Waals surface area (Å²) in [5.74, 6) is -0.925. The van der Waals surface area contributed by atoms with Crippen molar-refractivity contribution in [3.8, 4) is 11.1 Å². The first-order valence-corrected chi connectivity index (χ1v) is 11.0. The number of nitrogen functional groups attached to an aromatic ring is 1. The van der Waals surface area contributed by atoms with Gasteiger partial charge in [-0.25, -0.2) is 27.2 Å². The molecule has 3 aromatic rings. The van der Waals surface area contributed by atoms with Crippen LogP contribution in [0, 0.1) is 11.6 Å². The number of nitrogens with zero attached hydrogens (tertiary/aromatic N) is 3. The van der Waals surface area contributed by atoms with Gasteiger partial charge in [0.2, 0.25) is 16.0 Å². The number of aromatic nitrogens is 2. The van der Waals surface area contributed by atoms with Gasteiger partial charge in [-0.1, -0.05) is 18.6 Å². The maximum atomic E-state index is 13.8. The van der Waals surface area contributed by atoms with E-state index in [1.165, 1.54) is 34.8 Å². The van der Waals surface area contributed by atoms with Gasteiger partial charge in [-0.05, 0) is 54.8 Å². The normalized spacial score (nSPS) is 17.7. The molecule has 30 heavy (non-hydrogen) atoms. The van der Waals surface area contributed by atoms with Gasteiger partial charge in [0.05, 0.1) is 16.6 Å². The molecule has 2 N–H and O–H groups in total. The molecule has 1 unspecified atom stereocenters. The summed E-state index contributed by atoms with van der Waals surface area (Å²) < 4.78 is 55.2. The van der Waals surface area contributed by atoms with Crippen LogP contribution in [0.5, 0.6) is 0 Å². The third-order valence-electron chi connectivity index (χ3n) is 5.16. The Morgan fingerprint density at radius 3 is 2.53 bits per heavy atom. The van der Waals surface area contributed by atoms with Gasteiger partial charge in [-0.3, -0.25) is 0 Å². The fraction of sp³-hybridized carbons (Fsp3) is 0.238. The second kappa shape index (κ2) is 8.08. The van der Waals surface area contributed by atoms with Crippen LogP contribution in [0.4, 0.5) is 14.7 Å². The molecule has 0 spiro atoms. The van der Waals surface area contributed by atoms with E-state index in [9.17, 15) is 17.2 Å². The molecule has 0 amide bonds. The fourth-order valence-corrected chi connectivity index (χ4v) is 5.41. The molecular weight excluding hydrogens is 410 g/mol. The maximum Gasteiger partial charge on any atom is 0.243 e. The van der Waals surface area contributed by atoms with E-state index < -0.39 is 27.7 Å². The minimum absolute atomic E-state index is 0.00475. The first kappa shape index (κ1) is 20.4. The molecule has 1 aromatic heterocycles. The Kier molecular flexibility index (Phi) is 5.48. The standard InChI is InChI=1S/C21H20F2N4O2S/c22-15-7-9-17(10-8-15)30(28,29)27-11-2-1-6-19(27)20-18(13-25-21(24)26-20)14-4-3-5-16(23)12-14/h3-5,7-10,12-13,19H,1-2,6,11H2,(H2,24,25,26). The summed E-state index contributed by atoms with van der Waals surface area (Å²) in [6, 6.07) is 10.1. The Morgan fingerprint density at radius 2 is 1.80 bits per heavy atom. The van der Waals surface area contributed by atoms with Crippen molar-refractivity contribution in [3.05, 3.63) is 72.1 Å². The fourth-order valence-electron chi connectivity index (χ4n) is 3.75. The van der Waals surface area contributed by atoms with Crippen LogP contribution in [-0.2, 0) is 10.0 Å². The van der Waals surface area contributed by atoms with Crippen molar-refractivity contribution in [1.82, 2.24) is 14.3 Å². The van der Waals surface area contributed by atoms with E-state index in [0.29, 0.717) is 29.7 Å². The van der Waals surface area contributed by atoms with Crippen molar-refractivity contribution in [2.75, 3.05) is 12.3 Å². The quantitative estimate of drug-likeness (QED) is 0.678. The van der Waals surface area contributed by atoms with E-state index in [1.807, 2.05) is 0 Å². The molecule has 6 nitrogen and oxygen atoms in total. The highest BCUT2D eigenvalue weighted by molar-refractivity contribution is 7.89. The highest BCUT2D eigenvalue weighted by Crippen LogP contribution is 2.39. The first-order valence-electron chi connectivity index (χ1n) is 9.52. The smallest absolute Gasteiger partial charge is 0.243 e. The lowest BCUT2D eigenvalue weighted by molar-refractivity contribution is 0.252. The lowest BCUT2D eigenvalue weighted by Gasteiger charge is -2.35. The van der Waals surface area contributed by atoms with E-state index in [1.54, 1.807) is 12.1 Å². The van der Waals surface area contributed by atoms with Gasteiger partial charge in [0.1, 0.15) is 11.6 Å². The molecule has 1 atom stereocenters. The number of anilines is 1. The molecular formula is C21H20F2N4O2S. The van der Waals surface area contributed by atoms with Gasteiger partial charge < -0.3 is 5.73 Å². The molecule has 2 heterocycles. The Balaban J connectivity index is 1.82. The summed E-state index contributed by atoms with van der Waals surface area (Å²) in [7, 11) is -3.90. The number of hydrogen-bond donors (Lipinski definition) is 1. The van der Waals surface area contributed by atoms with E-state index in [4.69, 9.17) is 5.73 Å². The third-order valence-corrected chi connectivity index (χ3v) is 7.08. The molecule has 1 fully saturated rings. The highest BCUT2D eigenvalue weighted by Gasteiger charge is 2.36. The Labute approximate surface area is 173 Å². The summed E-state index contributed by atoms with van der Waals surface area (Å²) in [5.41, 5.74) is 7.31. The monoisotopic (exact) mass is 430 g/mol. The van der Waals surface area contributed by atoms with Crippen molar-refractivity contribution in [2.24, 2.45) is 0 Å². The number of hydrogen-bond acceptors (Lipinski definition) is 5. The maximum absolute atomic E-state index is 13.8. The second-order valence-corrected chi connectivity index (χ2v) is 9.01. The lowest BCUT2D eigenvalue weighted by atomic mass is 9.95. The van der Waals surface area contributed by atoms with Gasteiger partial charge in [-0.15, -0.1) is 0 Å². The average molecular weight is 430 g/mol. The van der Waals surface area contributed by atoms with Crippen LogP contribution >= 0.6 is 0 Å². The molecule has 156 valence electrons. The van der Waals surface area contributed by atoms with Crippen LogP contribution in [-0.4, -0.2) is 29.2 Å². The third kappa shape index (κ3) is 3.90. The van der Waals surface area contributed by atoms with Crippen molar-refractivity contribution in [3.63, 3.8) is 0 Å². The molecule has 0 radical (unpaired) electrons. The summed E-state index contributed by atoms with van der Waals surface area (Å²) >= 11 is 0.